The number of carbonyl (C=O) groups excluding carboxylic acids is 1. The fraction of sp³-hybridized carbons (Fsp3) is 0.385. The summed E-state index contributed by atoms with van der Waals surface area (Å²) >= 11 is 0. The quantitative estimate of drug-likeness (QED) is 0.872. The van der Waals surface area contributed by atoms with Crippen molar-refractivity contribution >= 4 is 23.3 Å². The molecule has 1 atom stereocenters. The fourth-order valence-corrected chi connectivity index (χ4v) is 2.08. The largest absolute Gasteiger partial charge is 0.481 e. The van der Waals surface area contributed by atoms with E-state index in [2.05, 4.69) is 0 Å². The number of para-hydroxylation sites is 2. The van der Waals surface area contributed by atoms with Gasteiger partial charge in [0.1, 0.15) is 0 Å². The number of benzene rings is 1. The third-order valence-corrected chi connectivity index (χ3v) is 3.20. The fourth-order valence-electron chi connectivity index (χ4n) is 2.08. The molecule has 1 aromatic rings. The topological polar surface area (TPSA) is 60.9 Å². The standard InChI is InChI=1S/C13H16N2O3/c1-9(13(17)18)7-15-8-12(16)14(2)10-5-3-4-6-11(10)15/h3-6,9H,7-8H2,1-2H3,(H,17,18). The Bertz CT molecular complexity index is 487. The molecule has 2 rings (SSSR count). The van der Waals surface area contributed by atoms with Gasteiger partial charge in [-0.2, -0.15) is 0 Å². The van der Waals surface area contributed by atoms with E-state index in [1.807, 2.05) is 29.2 Å². The zero-order valence-corrected chi connectivity index (χ0v) is 10.5. The van der Waals surface area contributed by atoms with Gasteiger partial charge in [0.2, 0.25) is 5.91 Å². The van der Waals surface area contributed by atoms with Crippen molar-refractivity contribution in [2.75, 3.05) is 29.9 Å². The molecule has 0 fully saturated rings. The van der Waals surface area contributed by atoms with Crippen LogP contribution < -0.4 is 9.80 Å². The van der Waals surface area contributed by atoms with E-state index >= 15 is 0 Å². The Kier molecular flexibility index (Phi) is 3.23. The van der Waals surface area contributed by atoms with E-state index in [9.17, 15) is 9.59 Å². The van der Waals surface area contributed by atoms with Crippen LogP contribution in [0.15, 0.2) is 24.3 Å². The molecule has 1 N–H and O–H groups in total. The second-order valence-electron chi connectivity index (χ2n) is 4.56. The third kappa shape index (κ3) is 2.16. The Labute approximate surface area is 106 Å². The average Bonchev–Trinajstić information content (AvgIpc) is 2.35. The molecule has 18 heavy (non-hydrogen) atoms. The lowest BCUT2D eigenvalue weighted by molar-refractivity contribution is -0.140. The monoisotopic (exact) mass is 248 g/mol. The van der Waals surface area contributed by atoms with Gasteiger partial charge in [-0.15, -0.1) is 0 Å². The Morgan fingerprint density at radius 3 is 2.61 bits per heavy atom. The number of hydrogen-bond acceptors (Lipinski definition) is 3. The lowest BCUT2D eigenvalue weighted by Gasteiger charge is -2.36. The lowest BCUT2D eigenvalue weighted by atomic mass is 10.1. The van der Waals surface area contributed by atoms with Gasteiger partial charge in [0.15, 0.2) is 0 Å². The summed E-state index contributed by atoms with van der Waals surface area (Å²) in [5, 5.41) is 8.96. The number of carbonyl (C=O) groups is 2. The molecule has 0 spiro atoms. The minimum atomic E-state index is -0.848. The minimum absolute atomic E-state index is 0.0220. The van der Waals surface area contributed by atoms with Crippen LogP contribution >= 0.6 is 0 Å². The summed E-state index contributed by atoms with van der Waals surface area (Å²) in [4.78, 5) is 26.2. The summed E-state index contributed by atoms with van der Waals surface area (Å²) in [5.41, 5.74) is 1.74. The van der Waals surface area contributed by atoms with Gasteiger partial charge >= 0.3 is 5.97 Å². The van der Waals surface area contributed by atoms with Gasteiger partial charge in [-0.3, -0.25) is 9.59 Å². The summed E-state index contributed by atoms with van der Waals surface area (Å²) < 4.78 is 0. The van der Waals surface area contributed by atoms with Crippen molar-refractivity contribution in [3.05, 3.63) is 24.3 Å². The Balaban J connectivity index is 2.30. The lowest BCUT2D eigenvalue weighted by Crippen LogP contribution is -2.46. The number of carboxylic acid groups (broad SMARTS) is 1. The number of nitrogens with zero attached hydrogens (tertiary/aromatic N) is 2. The summed E-state index contributed by atoms with van der Waals surface area (Å²) in [6.45, 7) is 2.21. The van der Waals surface area contributed by atoms with Crippen LogP contribution in [0.1, 0.15) is 6.92 Å². The molecule has 1 aromatic carbocycles. The maximum Gasteiger partial charge on any atom is 0.308 e. The highest BCUT2D eigenvalue weighted by Gasteiger charge is 2.28. The first-order valence-electron chi connectivity index (χ1n) is 5.84. The maximum absolute atomic E-state index is 11.9. The van der Waals surface area contributed by atoms with E-state index in [0.29, 0.717) is 6.54 Å². The highest BCUT2D eigenvalue weighted by molar-refractivity contribution is 6.02. The summed E-state index contributed by atoms with van der Waals surface area (Å²) in [5.74, 6) is -1.38. The van der Waals surface area contributed by atoms with Crippen LogP contribution in [0.3, 0.4) is 0 Å². The molecule has 5 heteroatoms. The number of aliphatic carboxylic acids is 1. The van der Waals surface area contributed by atoms with Crippen LogP contribution in [-0.4, -0.2) is 37.1 Å². The van der Waals surface area contributed by atoms with Crippen molar-refractivity contribution in [2.45, 2.75) is 6.92 Å². The van der Waals surface area contributed by atoms with Gasteiger partial charge in [0.25, 0.3) is 0 Å². The first-order chi connectivity index (χ1) is 8.50. The molecule has 1 amide bonds. The zero-order valence-electron chi connectivity index (χ0n) is 10.5. The third-order valence-electron chi connectivity index (χ3n) is 3.20. The molecule has 1 unspecified atom stereocenters. The van der Waals surface area contributed by atoms with Gasteiger partial charge < -0.3 is 14.9 Å². The SMILES string of the molecule is CC(CN1CC(=O)N(C)c2ccccc21)C(=O)O. The smallest absolute Gasteiger partial charge is 0.308 e. The van der Waals surface area contributed by atoms with Crippen LogP contribution in [0.25, 0.3) is 0 Å². The normalized spacial score (nSPS) is 16.4. The van der Waals surface area contributed by atoms with Gasteiger partial charge in [0.05, 0.1) is 23.8 Å². The molecule has 0 bridgehead atoms. The van der Waals surface area contributed by atoms with Crippen molar-refractivity contribution in [3.8, 4) is 0 Å². The maximum atomic E-state index is 11.9. The number of amides is 1. The molecule has 5 nitrogen and oxygen atoms in total. The molecular formula is C13H16N2O3. The minimum Gasteiger partial charge on any atom is -0.481 e. The molecule has 96 valence electrons. The van der Waals surface area contributed by atoms with E-state index in [1.165, 1.54) is 0 Å². The predicted octanol–water partition coefficient (Wildman–Crippen LogP) is 1.19. The van der Waals surface area contributed by atoms with Crippen molar-refractivity contribution in [2.24, 2.45) is 5.92 Å². The highest BCUT2D eigenvalue weighted by Crippen LogP contribution is 2.32. The summed E-state index contributed by atoms with van der Waals surface area (Å²) in [6, 6.07) is 7.53. The Hall–Kier alpha value is -2.04. The van der Waals surface area contributed by atoms with E-state index in [4.69, 9.17) is 5.11 Å². The van der Waals surface area contributed by atoms with Crippen molar-refractivity contribution < 1.29 is 14.7 Å². The van der Waals surface area contributed by atoms with Crippen LogP contribution in [-0.2, 0) is 9.59 Å². The van der Waals surface area contributed by atoms with Crippen LogP contribution in [0.4, 0.5) is 11.4 Å². The van der Waals surface area contributed by atoms with Gasteiger partial charge in [-0.05, 0) is 12.1 Å². The van der Waals surface area contributed by atoms with Crippen molar-refractivity contribution in [3.63, 3.8) is 0 Å². The number of likely N-dealkylation sites (N-methyl/N-ethyl adjacent to an activating group) is 1. The summed E-state index contributed by atoms with van der Waals surface area (Å²) in [6.07, 6.45) is 0. The van der Waals surface area contributed by atoms with Crippen LogP contribution in [0.2, 0.25) is 0 Å². The van der Waals surface area contributed by atoms with Crippen LogP contribution in [0, 0.1) is 5.92 Å². The Morgan fingerprint density at radius 1 is 1.39 bits per heavy atom. The molecule has 0 aromatic heterocycles. The van der Waals surface area contributed by atoms with Crippen molar-refractivity contribution in [1.29, 1.82) is 0 Å². The molecule has 0 saturated carbocycles. The highest BCUT2D eigenvalue weighted by atomic mass is 16.4. The number of fused-ring (bicyclic) bond motifs is 1. The molecule has 0 radical (unpaired) electrons. The van der Waals surface area contributed by atoms with Crippen molar-refractivity contribution in [1.82, 2.24) is 0 Å². The van der Waals surface area contributed by atoms with Gasteiger partial charge in [-0.1, -0.05) is 19.1 Å². The first-order valence-corrected chi connectivity index (χ1v) is 5.84. The van der Waals surface area contributed by atoms with E-state index in [1.54, 1.807) is 18.9 Å². The molecule has 1 aliphatic heterocycles. The number of rotatable bonds is 3. The van der Waals surface area contributed by atoms with E-state index in [0.717, 1.165) is 11.4 Å². The van der Waals surface area contributed by atoms with Gasteiger partial charge in [-0.25, -0.2) is 0 Å². The number of anilines is 2. The second kappa shape index (κ2) is 4.68. The van der Waals surface area contributed by atoms with Crippen LogP contribution in [0.5, 0.6) is 0 Å². The number of hydrogen-bond donors (Lipinski definition) is 1. The van der Waals surface area contributed by atoms with Gasteiger partial charge in [0, 0.05) is 13.6 Å². The molecular weight excluding hydrogens is 232 g/mol. The molecule has 1 aliphatic rings. The summed E-state index contributed by atoms with van der Waals surface area (Å²) in [7, 11) is 1.74. The second-order valence-corrected chi connectivity index (χ2v) is 4.56. The van der Waals surface area contributed by atoms with E-state index < -0.39 is 11.9 Å². The zero-order chi connectivity index (χ0) is 13.3. The molecule has 0 aliphatic carbocycles. The number of carboxylic acids is 1. The predicted molar refractivity (Wildman–Crippen MR) is 68.9 cm³/mol. The van der Waals surface area contributed by atoms with E-state index in [-0.39, 0.29) is 12.5 Å². The average molecular weight is 248 g/mol. The molecule has 1 heterocycles. The Morgan fingerprint density at radius 2 is 2.00 bits per heavy atom. The molecule has 0 saturated heterocycles. The first kappa shape index (κ1) is 12.4.